The molecule has 0 amide bonds. The SMILES string of the molecule is CC=NCC1=CC(OC)C(C)(OC)C(OC)=C1. The molecule has 17 heavy (non-hydrogen) atoms. The normalized spacial score (nSPS) is 29.1. The summed E-state index contributed by atoms with van der Waals surface area (Å²) < 4.78 is 16.4. The molecule has 4 heteroatoms. The minimum absolute atomic E-state index is 0.172. The summed E-state index contributed by atoms with van der Waals surface area (Å²) in [4.78, 5) is 4.22. The summed E-state index contributed by atoms with van der Waals surface area (Å²) >= 11 is 0. The third kappa shape index (κ3) is 2.76. The van der Waals surface area contributed by atoms with Gasteiger partial charge in [-0.2, -0.15) is 0 Å². The molecule has 4 nitrogen and oxygen atoms in total. The van der Waals surface area contributed by atoms with Crippen LogP contribution in [0, 0.1) is 0 Å². The monoisotopic (exact) mass is 239 g/mol. The molecule has 0 saturated carbocycles. The molecular formula is C13H21NO3. The van der Waals surface area contributed by atoms with E-state index in [0.717, 1.165) is 11.3 Å². The van der Waals surface area contributed by atoms with Crippen molar-refractivity contribution in [1.29, 1.82) is 0 Å². The van der Waals surface area contributed by atoms with Crippen molar-refractivity contribution >= 4 is 6.21 Å². The molecule has 0 radical (unpaired) electrons. The maximum absolute atomic E-state index is 5.54. The highest BCUT2D eigenvalue weighted by Gasteiger charge is 2.41. The molecular weight excluding hydrogens is 218 g/mol. The lowest BCUT2D eigenvalue weighted by Gasteiger charge is -2.37. The van der Waals surface area contributed by atoms with Crippen LogP contribution in [0.2, 0.25) is 0 Å². The van der Waals surface area contributed by atoms with Gasteiger partial charge in [-0.3, -0.25) is 4.99 Å². The van der Waals surface area contributed by atoms with Crippen molar-refractivity contribution in [3.05, 3.63) is 23.5 Å². The second kappa shape index (κ2) is 5.98. The lowest BCUT2D eigenvalue weighted by atomic mass is 9.88. The van der Waals surface area contributed by atoms with Crippen molar-refractivity contribution < 1.29 is 14.2 Å². The zero-order valence-corrected chi connectivity index (χ0v) is 11.2. The number of hydrogen-bond donors (Lipinski definition) is 0. The number of aliphatic imine (C=N–C) groups is 1. The van der Waals surface area contributed by atoms with Crippen LogP contribution < -0.4 is 0 Å². The van der Waals surface area contributed by atoms with E-state index in [-0.39, 0.29) is 6.10 Å². The highest BCUT2D eigenvalue weighted by atomic mass is 16.6. The van der Waals surface area contributed by atoms with Crippen molar-refractivity contribution in [3.63, 3.8) is 0 Å². The number of nitrogens with zero attached hydrogens (tertiary/aromatic N) is 1. The Morgan fingerprint density at radius 2 is 2.12 bits per heavy atom. The van der Waals surface area contributed by atoms with Crippen LogP contribution in [0.25, 0.3) is 0 Å². The fourth-order valence-corrected chi connectivity index (χ4v) is 1.92. The molecule has 2 unspecified atom stereocenters. The van der Waals surface area contributed by atoms with Crippen LogP contribution >= 0.6 is 0 Å². The van der Waals surface area contributed by atoms with Gasteiger partial charge in [0.1, 0.15) is 11.9 Å². The topological polar surface area (TPSA) is 40.0 Å². The summed E-state index contributed by atoms with van der Waals surface area (Å²) in [6, 6.07) is 0. The standard InChI is InChI=1S/C13H21NO3/c1-6-14-9-10-7-11(15-3)13(2,17-5)12(8-10)16-4/h6-8,11H,9H2,1-5H3. The summed E-state index contributed by atoms with van der Waals surface area (Å²) in [6.45, 7) is 4.48. The van der Waals surface area contributed by atoms with E-state index >= 15 is 0 Å². The molecule has 0 bridgehead atoms. The fraction of sp³-hybridized carbons (Fsp3) is 0.615. The highest BCUT2D eigenvalue weighted by Crippen LogP contribution is 2.33. The predicted molar refractivity (Wildman–Crippen MR) is 68.4 cm³/mol. The largest absolute Gasteiger partial charge is 0.498 e. The van der Waals surface area contributed by atoms with Crippen molar-refractivity contribution in [2.75, 3.05) is 27.9 Å². The molecule has 0 fully saturated rings. The Bertz CT molecular complexity index is 347. The van der Waals surface area contributed by atoms with Crippen LogP contribution in [0.15, 0.2) is 28.5 Å². The van der Waals surface area contributed by atoms with Crippen LogP contribution in [0.5, 0.6) is 0 Å². The molecule has 1 aliphatic carbocycles. The number of hydrogen-bond acceptors (Lipinski definition) is 4. The Labute approximate surface area is 103 Å². The summed E-state index contributed by atoms with van der Waals surface area (Å²) in [5.41, 5.74) is 0.490. The van der Waals surface area contributed by atoms with E-state index in [1.54, 1.807) is 27.5 Å². The average Bonchev–Trinajstić information content (AvgIpc) is 2.37. The minimum Gasteiger partial charge on any atom is -0.498 e. The van der Waals surface area contributed by atoms with Crippen molar-refractivity contribution in [1.82, 2.24) is 0 Å². The molecule has 0 N–H and O–H groups in total. The highest BCUT2D eigenvalue weighted by molar-refractivity contribution is 5.54. The van der Waals surface area contributed by atoms with E-state index in [1.165, 1.54) is 0 Å². The number of rotatable bonds is 5. The fourth-order valence-electron chi connectivity index (χ4n) is 1.92. The second-order valence-electron chi connectivity index (χ2n) is 4.02. The van der Waals surface area contributed by atoms with Gasteiger partial charge < -0.3 is 14.2 Å². The van der Waals surface area contributed by atoms with Gasteiger partial charge in [0, 0.05) is 14.2 Å². The lowest BCUT2D eigenvalue weighted by molar-refractivity contribution is -0.0883. The Kier molecular flexibility index (Phi) is 4.90. The van der Waals surface area contributed by atoms with Gasteiger partial charge in [-0.15, -0.1) is 0 Å². The van der Waals surface area contributed by atoms with Crippen LogP contribution in [-0.2, 0) is 14.2 Å². The Balaban J connectivity index is 3.04. The average molecular weight is 239 g/mol. The van der Waals surface area contributed by atoms with Crippen LogP contribution in [0.1, 0.15) is 13.8 Å². The summed E-state index contributed by atoms with van der Waals surface area (Å²) in [5.74, 6) is 0.760. The van der Waals surface area contributed by atoms with E-state index in [4.69, 9.17) is 14.2 Å². The van der Waals surface area contributed by atoms with Crippen molar-refractivity contribution in [2.45, 2.75) is 25.6 Å². The van der Waals surface area contributed by atoms with Crippen LogP contribution in [0.4, 0.5) is 0 Å². The van der Waals surface area contributed by atoms with E-state index in [9.17, 15) is 0 Å². The van der Waals surface area contributed by atoms with Crippen LogP contribution in [-0.4, -0.2) is 45.8 Å². The van der Waals surface area contributed by atoms with Crippen molar-refractivity contribution in [2.24, 2.45) is 4.99 Å². The van der Waals surface area contributed by atoms with Gasteiger partial charge in [0.25, 0.3) is 0 Å². The smallest absolute Gasteiger partial charge is 0.151 e. The Morgan fingerprint density at radius 3 is 2.59 bits per heavy atom. The first kappa shape index (κ1) is 13.9. The first-order valence-corrected chi connectivity index (χ1v) is 5.61. The molecule has 0 spiro atoms. The van der Waals surface area contributed by atoms with E-state index in [2.05, 4.69) is 4.99 Å². The summed E-state index contributed by atoms with van der Waals surface area (Å²) in [6.07, 6.45) is 5.60. The first-order chi connectivity index (χ1) is 8.12. The van der Waals surface area contributed by atoms with Gasteiger partial charge in [0.2, 0.25) is 0 Å². The van der Waals surface area contributed by atoms with Crippen LogP contribution in [0.3, 0.4) is 0 Å². The maximum atomic E-state index is 5.54. The molecule has 96 valence electrons. The molecule has 0 aromatic heterocycles. The number of methoxy groups -OCH3 is 3. The van der Waals surface area contributed by atoms with Gasteiger partial charge in [0.05, 0.1) is 13.7 Å². The number of ether oxygens (including phenoxy) is 3. The second-order valence-corrected chi connectivity index (χ2v) is 4.02. The molecule has 0 aromatic rings. The first-order valence-electron chi connectivity index (χ1n) is 5.61. The summed E-state index contributed by atoms with van der Waals surface area (Å²) in [5, 5.41) is 0. The third-order valence-electron chi connectivity index (χ3n) is 3.07. The molecule has 0 aromatic carbocycles. The van der Waals surface area contributed by atoms with E-state index in [1.807, 2.05) is 26.0 Å². The Hall–Kier alpha value is -1.13. The van der Waals surface area contributed by atoms with Gasteiger partial charge in [-0.25, -0.2) is 0 Å². The predicted octanol–water partition coefficient (Wildman–Crippen LogP) is 1.97. The zero-order valence-electron chi connectivity index (χ0n) is 11.2. The Morgan fingerprint density at radius 1 is 1.41 bits per heavy atom. The van der Waals surface area contributed by atoms with Gasteiger partial charge in [0.15, 0.2) is 5.60 Å². The zero-order chi connectivity index (χ0) is 12.9. The quantitative estimate of drug-likeness (QED) is 0.689. The van der Waals surface area contributed by atoms with E-state index in [0.29, 0.717) is 6.54 Å². The molecule has 0 aliphatic heterocycles. The molecule has 2 atom stereocenters. The maximum Gasteiger partial charge on any atom is 0.151 e. The van der Waals surface area contributed by atoms with Crippen molar-refractivity contribution in [3.8, 4) is 0 Å². The van der Waals surface area contributed by atoms with E-state index < -0.39 is 5.60 Å². The molecule has 1 aliphatic rings. The van der Waals surface area contributed by atoms with Gasteiger partial charge in [-0.05, 0) is 37.8 Å². The molecule has 0 saturated heterocycles. The molecule has 0 heterocycles. The summed E-state index contributed by atoms with van der Waals surface area (Å²) in [7, 11) is 4.96. The minimum atomic E-state index is -0.580. The van der Waals surface area contributed by atoms with Gasteiger partial charge >= 0.3 is 0 Å². The molecule has 1 rings (SSSR count). The lowest BCUT2D eigenvalue weighted by Crippen LogP contribution is -2.45. The van der Waals surface area contributed by atoms with Gasteiger partial charge in [-0.1, -0.05) is 0 Å². The third-order valence-corrected chi connectivity index (χ3v) is 3.07.